The molecule has 0 N–H and O–H groups in total. The van der Waals surface area contributed by atoms with E-state index in [2.05, 4.69) is 46.3 Å². The highest BCUT2D eigenvalue weighted by Gasteiger charge is 2.26. The maximum absolute atomic E-state index is 4.97. The van der Waals surface area contributed by atoms with Crippen molar-refractivity contribution in [2.45, 2.75) is 45.7 Å². The van der Waals surface area contributed by atoms with E-state index in [-0.39, 0.29) is 0 Å². The van der Waals surface area contributed by atoms with Gasteiger partial charge in [-0.2, -0.15) is 0 Å². The molecule has 1 unspecified atom stereocenters. The van der Waals surface area contributed by atoms with Crippen molar-refractivity contribution >= 4 is 11.0 Å². The predicted octanol–water partition coefficient (Wildman–Crippen LogP) is 2.93. The summed E-state index contributed by atoms with van der Waals surface area (Å²) in [6.45, 7) is 10.1. The van der Waals surface area contributed by atoms with E-state index in [0.29, 0.717) is 6.04 Å². The standard InChI is InChI=1S/C18H29N5/c1-4-7-17(22-11-6-10-21(3)12-13-22)18-20-15-14-19-9-8-16(15)23(18)5-2/h8-9,14,17H,4-7,10-13H2,1-3H3. The van der Waals surface area contributed by atoms with Crippen LogP contribution in [0.15, 0.2) is 18.5 Å². The molecule has 0 aromatic carbocycles. The second kappa shape index (κ2) is 7.41. The molecule has 0 spiro atoms. The summed E-state index contributed by atoms with van der Waals surface area (Å²) in [5, 5.41) is 0. The third-order valence-corrected chi connectivity index (χ3v) is 4.95. The van der Waals surface area contributed by atoms with Crippen molar-refractivity contribution in [3.05, 3.63) is 24.3 Å². The van der Waals surface area contributed by atoms with E-state index in [1.807, 2.05) is 12.4 Å². The summed E-state index contributed by atoms with van der Waals surface area (Å²) >= 11 is 0. The van der Waals surface area contributed by atoms with Crippen LogP contribution in [0.4, 0.5) is 0 Å². The number of rotatable bonds is 5. The number of imidazole rings is 1. The molecule has 0 radical (unpaired) electrons. The van der Waals surface area contributed by atoms with Crippen LogP contribution in [0.3, 0.4) is 0 Å². The fourth-order valence-corrected chi connectivity index (χ4v) is 3.71. The van der Waals surface area contributed by atoms with Crippen LogP contribution in [0, 0.1) is 0 Å². The Morgan fingerprint density at radius 1 is 1.17 bits per heavy atom. The molecule has 126 valence electrons. The molecule has 1 fully saturated rings. The third kappa shape index (κ3) is 3.40. The van der Waals surface area contributed by atoms with E-state index >= 15 is 0 Å². The lowest BCUT2D eigenvalue weighted by atomic mass is 10.1. The molecule has 3 rings (SSSR count). The van der Waals surface area contributed by atoms with Gasteiger partial charge in [0.25, 0.3) is 0 Å². The lowest BCUT2D eigenvalue weighted by molar-refractivity contribution is 0.182. The van der Waals surface area contributed by atoms with Gasteiger partial charge in [0.05, 0.1) is 17.8 Å². The summed E-state index contributed by atoms with van der Waals surface area (Å²) in [6, 6.07) is 2.51. The number of likely N-dealkylation sites (N-methyl/N-ethyl adjacent to an activating group) is 1. The van der Waals surface area contributed by atoms with Gasteiger partial charge in [-0.05, 0) is 39.4 Å². The number of hydrogen-bond acceptors (Lipinski definition) is 4. The van der Waals surface area contributed by atoms with Crippen LogP contribution in [-0.4, -0.2) is 57.6 Å². The molecule has 3 heterocycles. The smallest absolute Gasteiger partial charge is 0.127 e. The highest BCUT2D eigenvalue weighted by Crippen LogP contribution is 2.29. The molecule has 0 saturated carbocycles. The molecule has 23 heavy (non-hydrogen) atoms. The van der Waals surface area contributed by atoms with Crippen molar-refractivity contribution in [1.82, 2.24) is 24.3 Å². The van der Waals surface area contributed by atoms with Crippen LogP contribution in [0.25, 0.3) is 11.0 Å². The Hall–Kier alpha value is -1.46. The minimum atomic E-state index is 0.416. The first-order valence-corrected chi connectivity index (χ1v) is 8.97. The van der Waals surface area contributed by atoms with E-state index in [1.54, 1.807) is 0 Å². The number of pyridine rings is 1. The van der Waals surface area contributed by atoms with E-state index in [0.717, 1.165) is 25.2 Å². The zero-order valence-electron chi connectivity index (χ0n) is 14.7. The van der Waals surface area contributed by atoms with Gasteiger partial charge < -0.3 is 9.47 Å². The number of nitrogens with zero attached hydrogens (tertiary/aromatic N) is 5. The molecule has 2 aromatic heterocycles. The predicted molar refractivity (Wildman–Crippen MR) is 94.5 cm³/mol. The van der Waals surface area contributed by atoms with Crippen LogP contribution in [0.2, 0.25) is 0 Å². The highest BCUT2D eigenvalue weighted by molar-refractivity contribution is 5.74. The van der Waals surface area contributed by atoms with Crippen LogP contribution in [-0.2, 0) is 6.54 Å². The summed E-state index contributed by atoms with van der Waals surface area (Å²) < 4.78 is 2.38. The molecule has 0 aliphatic carbocycles. The topological polar surface area (TPSA) is 37.2 Å². The lowest BCUT2D eigenvalue weighted by Gasteiger charge is -2.30. The van der Waals surface area contributed by atoms with Crippen molar-refractivity contribution in [3.63, 3.8) is 0 Å². The summed E-state index contributed by atoms with van der Waals surface area (Å²) in [7, 11) is 2.23. The Morgan fingerprint density at radius 3 is 2.83 bits per heavy atom. The molecule has 0 amide bonds. The van der Waals surface area contributed by atoms with E-state index < -0.39 is 0 Å². The molecule has 2 aromatic rings. The van der Waals surface area contributed by atoms with Crippen molar-refractivity contribution < 1.29 is 0 Å². The van der Waals surface area contributed by atoms with E-state index in [1.165, 1.54) is 43.7 Å². The van der Waals surface area contributed by atoms with Crippen molar-refractivity contribution in [1.29, 1.82) is 0 Å². The molecule has 0 bridgehead atoms. The minimum Gasteiger partial charge on any atom is -0.327 e. The number of aryl methyl sites for hydroxylation is 1. The maximum Gasteiger partial charge on any atom is 0.127 e. The third-order valence-electron chi connectivity index (χ3n) is 4.95. The summed E-state index contributed by atoms with van der Waals surface area (Å²) in [5.41, 5.74) is 2.24. The monoisotopic (exact) mass is 315 g/mol. The summed E-state index contributed by atoms with van der Waals surface area (Å²) in [4.78, 5) is 14.3. The Labute approximate surface area is 139 Å². The number of fused-ring (bicyclic) bond motifs is 1. The first kappa shape index (κ1) is 16.4. The van der Waals surface area contributed by atoms with Crippen LogP contribution in [0.5, 0.6) is 0 Å². The zero-order valence-corrected chi connectivity index (χ0v) is 14.7. The lowest BCUT2D eigenvalue weighted by Crippen LogP contribution is -2.34. The van der Waals surface area contributed by atoms with Gasteiger partial charge in [-0.3, -0.25) is 9.88 Å². The van der Waals surface area contributed by atoms with Crippen LogP contribution in [0.1, 0.15) is 45.0 Å². The van der Waals surface area contributed by atoms with Crippen molar-refractivity contribution in [2.75, 3.05) is 33.2 Å². The first-order chi connectivity index (χ1) is 11.2. The van der Waals surface area contributed by atoms with E-state index in [4.69, 9.17) is 4.98 Å². The molecular weight excluding hydrogens is 286 g/mol. The van der Waals surface area contributed by atoms with Gasteiger partial charge in [-0.25, -0.2) is 4.98 Å². The van der Waals surface area contributed by atoms with Gasteiger partial charge in [0.2, 0.25) is 0 Å². The Morgan fingerprint density at radius 2 is 2.04 bits per heavy atom. The molecule has 1 aliphatic rings. The van der Waals surface area contributed by atoms with E-state index in [9.17, 15) is 0 Å². The Kier molecular flexibility index (Phi) is 5.28. The fraction of sp³-hybridized carbons (Fsp3) is 0.667. The second-order valence-electron chi connectivity index (χ2n) is 6.58. The van der Waals surface area contributed by atoms with Gasteiger partial charge in [0, 0.05) is 32.4 Å². The zero-order chi connectivity index (χ0) is 16.2. The average molecular weight is 315 g/mol. The summed E-state index contributed by atoms with van der Waals surface area (Å²) in [5.74, 6) is 1.22. The molecule has 1 saturated heterocycles. The van der Waals surface area contributed by atoms with Gasteiger partial charge in [0.15, 0.2) is 0 Å². The quantitative estimate of drug-likeness (QED) is 0.850. The number of aromatic nitrogens is 3. The van der Waals surface area contributed by atoms with Gasteiger partial charge >= 0.3 is 0 Å². The van der Waals surface area contributed by atoms with Crippen LogP contribution >= 0.6 is 0 Å². The molecule has 1 atom stereocenters. The molecular formula is C18H29N5. The molecule has 1 aliphatic heterocycles. The van der Waals surface area contributed by atoms with Gasteiger partial charge in [-0.1, -0.05) is 13.3 Å². The van der Waals surface area contributed by atoms with Crippen molar-refractivity contribution in [3.8, 4) is 0 Å². The average Bonchev–Trinajstić information content (AvgIpc) is 2.80. The minimum absolute atomic E-state index is 0.416. The fourth-order valence-electron chi connectivity index (χ4n) is 3.71. The summed E-state index contributed by atoms with van der Waals surface area (Å²) in [6.07, 6.45) is 7.35. The largest absolute Gasteiger partial charge is 0.327 e. The SMILES string of the molecule is CCCC(c1nc2cnccc2n1CC)N1CCCN(C)CC1. The number of hydrogen-bond donors (Lipinski definition) is 0. The highest BCUT2D eigenvalue weighted by atomic mass is 15.3. The second-order valence-corrected chi connectivity index (χ2v) is 6.58. The Bertz CT molecular complexity index is 635. The van der Waals surface area contributed by atoms with Crippen LogP contribution < -0.4 is 0 Å². The Balaban J connectivity index is 1.97. The molecule has 5 heteroatoms. The van der Waals surface area contributed by atoms with Gasteiger partial charge in [0.1, 0.15) is 11.3 Å². The maximum atomic E-state index is 4.97. The normalized spacial score (nSPS) is 19.1. The van der Waals surface area contributed by atoms with Gasteiger partial charge in [-0.15, -0.1) is 0 Å². The molecule has 5 nitrogen and oxygen atoms in total. The van der Waals surface area contributed by atoms with Crippen molar-refractivity contribution in [2.24, 2.45) is 0 Å². The first-order valence-electron chi connectivity index (χ1n) is 8.97.